The molecule has 0 fully saturated rings. The maximum Gasteiger partial charge on any atom is 0.269 e. The Kier molecular flexibility index (Phi) is 4.97. The number of non-ortho nitro benzene ring substituents is 1. The highest BCUT2D eigenvalue weighted by Crippen LogP contribution is 2.26. The molecule has 0 atom stereocenters. The first-order chi connectivity index (χ1) is 11.6. The van der Waals surface area contributed by atoms with Gasteiger partial charge in [0.15, 0.2) is 0 Å². The molecule has 24 heavy (non-hydrogen) atoms. The van der Waals surface area contributed by atoms with Crippen LogP contribution in [0.15, 0.2) is 64.3 Å². The summed E-state index contributed by atoms with van der Waals surface area (Å²) in [6.45, 7) is 0. The van der Waals surface area contributed by atoms with Gasteiger partial charge in [0.2, 0.25) is 0 Å². The third kappa shape index (κ3) is 4.03. The first kappa shape index (κ1) is 16.3. The Morgan fingerprint density at radius 2 is 1.88 bits per heavy atom. The highest BCUT2D eigenvalue weighted by Gasteiger charge is 2.04. The topological polar surface area (TPSA) is 80.4 Å². The van der Waals surface area contributed by atoms with Crippen LogP contribution < -0.4 is 5.43 Å². The van der Waals surface area contributed by atoms with E-state index < -0.39 is 4.92 Å². The largest absolute Gasteiger partial charge is 0.278 e. The van der Waals surface area contributed by atoms with Crippen LogP contribution in [-0.2, 0) is 0 Å². The summed E-state index contributed by atoms with van der Waals surface area (Å²) in [5, 5.41) is 15.5. The molecule has 0 amide bonds. The van der Waals surface area contributed by atoms with E-state index in [-0.39, 0.29) is 5.69 Å². The highest BCUT2D eigenvalue weighted by molar-refractivity contribution is 9.10. The predicted molar refractivity (Wildman–Crippen MR) is 99.6 cm³/mol. The lowest BCUT2D eigenvalue weighted by Gasteiger charge is -1.98. The lowest BCUT2D eigenvalue weighted by molar-refractivity contribution is -0.384. The minimum Gasteiger partial charge on any atom is -0.278 e. The summed E-state index contributed by atoms with van der Waals surface area (Å²) in [7, 11) is 0. The fourth-order valence-corrected chi connectivity index (χ4v) is 2.97. The second-order valence-electron chi connectivity index (χ2n) is 4.74. The van der Waals surface area contributed by atoms with E-state index in [1.807, 2.05) is 24.3 Å². The third-order valence-corrected chi connectivity index (χ3v) is 4.61. The second-order valence-corrected chi connectivity index (χ2v) is 6.72. The van der Waals surface area contributed by atoms with Crippen LogP contribution in [0.3, 0.4) is 0 Å². The molecule has 2 aromatic carbocycles. The average Bonchev–Trinajstić information content (AvgIpc) is 3.05. The number of anilines is 1. The Balaban J connectivity index is 1.65. The monoisotopic (exact) mass is 402 g/mol. The van der Waals surface area contributed by atoms with Gasteiger partial charge >= 0.3 is 0 Å². The number of halogens is 1. The van der Waals surface area contributed by atoms with Crippen molar-refractivity contribution < 1.29 is 4.92 Å². The van der Waals surface area contributed by atoms with E-state index in [0.717, 1.165) is 19.9 Å². The van der Waals surface area contributed by atoms with Gasteiger partial charge in [-0.05, 0) is 29.8 Å². The van der Waals surface area contributed by atoms with Crippen LogP contribution in [0.2, 0.25) is 0 Å². The summed E-state index contributed by atoms with van der Waals surface area (Å²) >= 11 is 4.94. The zero-order valence-electron chi connectivity index (χ0n) is 12.2. The second kappa shape index (κ2) is 7.33. The molecule has 0 aliphatic rings. The van der Waals surface area contributed by atoms with Gasteiger partial charge in [-0.1, -0.05) is 28.1 Å². The molecule has 3 aromatic rings. The molecule has 8 heteroatoms. The number of aromatic nitrogens is 1. The van der Waals surface area contributed by atoms with Crippen LogP contribution in [0.25, 0.3) is 10.4 Å². The molecule has 3 rings (SSSR count). The maximum atomic E-state index is 10.6. The van der Waals surface area contributed by atoms with Crippen molar-refractivity contribution in [2.24, 2.45) is 5.10 Å². The lowest BCUT2D eigenvalue weighted by atomic mass is 10.2. The number of nitro groups is 1. The number of rotatable bonds is 5. The number of hydrogen-bond acceptors (Lipinski definition) is 6. The van der Waals surface area contributed by atoms with E-state index in [2.05, 4.69) is 31.4 Å². The van der Waals surface area contributed by atoms with Gasteiger partial charge in [-0.2, -0.15) is 5.10 Å². The molecule has 1 heterocycles. The van der Waals surface area contributed by atoms with Crippen LogP contribution in [-0.4, -0.2) is 16.1 Å². The van der Waals surface area contributed by atoms with Crippen molar-refractivity contribution in [3.63, 3.8) is 0 Å². The summed E-state index contributed by atoms with van der Waals surface area (Å²) in [4.78, 5) is 15.5. The Morgan fingerprint density at radius 1 is 1.17 bits per heavy atom. The van der Waals surface area contributed by atoms with Crippen molar-refractivity contribution in [2.45, 2.75) is 0 Å². The Labute approximate surface area is 150 Å². The van der Waals surface area contributed by atoms with Gasteiger partial charge in [0.05, 0.1) is 21.7 Å². The Hall–Kier alpha value is -2.58. The van der Waals surface area contributed by atoms with Crippen LogP contribution in [0, 0.1) is 10.1 Å². The fraction of sp³-hybridized carbons (Fsp3) is 0. The predicted octanol–water partition coefficient (Wildman–Crippen LogP) is 4.93. The smallest absolute Gasteiger partial charge is 0.269 e. The van der Waals surface area contributed by atoms with Crippen LogP contribution in [0.4, 0.5) is 11.4 Å². The van der Waals surface area contributed by atoms with Crippen molar-refractivity contribution in [1.82, 2.24) is 4.98 Å². The molecule has 0 spiro atoms. The first-order valence-corrected chi connectivity index (χ1v) is 8.48. The SMILES string of the molecule is O=[N+]([O-])c1ccc(N/N=C/c2ncc(-c3ccc(Br)cc3)s2)cc1. The molecule has 0 radical (unpaired) electrons. The minimum atomic E-state index is -0.438. The van der Waals surface area contributed by atoms with Gasteiger partial charge in [0.1, 0.15) is 5.01 Å². The highest BCUT2D eigenvalue weighted by atomic mass is 79.9. The van der Waals surface area contributed by atoms with Crippen molar-refractivity contribution in [3.05, 3.63) is 74.3 Å². The summed E-state index contributed by atoms with van der Waals surface area (Å²) in [5.74, 6) is 0. The van der Waals surface area contributed by atoms with Gasteiger partial charge in [0.25, 0.3) is 5.69 Å². The van der Waals surface area contributed by atoms with Crippen molar-refractivity contribution >= 4 is 44.9 Å². The van der Waals surface area contributed by atoms with E-state index in [9.17, 15) is 10.1 Å². The summed E-state index contributed by atoms with van der Waals surface area (Å²) in [6.07, 6.45) is 3.43. The molecule has 6 nitrogen and oxygen atoms in total. The molecule has 0 aliphatic heterocycles. The average molecular weight is 403 g/mol. The zero-order valence-corrected chi connectivity index (χ0v) is 14.6. The molecule has 0 aliphatic carbocycles. The Bertz CT molecular complexity index is 876. The molecule has 0 unspecified atom stereocenters. The molecule has 120 valence electrons. The maximum absolute atomic E-state index is 10.6. The zero-order chi connectivity index (χ0) is 16.9. The van der Waals surface area contributed by atoms with Gasteiger partial charge in [-0.3, -0.25) is 15.5 Å². The van der Waals surface area contributed by atoms with Crippen LogP contribution in [0.1, 0.15) is 5.01 Å². The quantitative estimate of drug-likeness (QED) is 0.372. The van der Waals surface area contributed by atoms with Crippen molar-refractivity contribution in [3.8, 4) is 10.4 Å². The molecule has 0 saturated heterocycles. The summed E-state index contributed by atoms with van der Waals surface area (Å²) in [6, 6.07) is 14.1. The number of thiazole rings is 1. The molecule has 0 bridgehead atoms. The van der Waals surface area contributed by atoms with E-state index in [0.29, 0.717) is 5.69 Å². The molecule has 0 saturated carbocycles. The van der Waals surface area contributed by atoms with Crippen molar-refractivity contribution in [2.75, 3.05) is 5.43 Å². The number of nitro benzene ring substituents is 1. The number of nitrogens with zero attached hydrogens (tertiary/aromatic N) is 3. The fourth-order valence-electron chi connectivity index (χ4n) is 1.91. The molecular weight excluding hydrogens is 392 g/mol. The minimum absolute atomic E-state index is 0.0450. The normalized spacial score (nSPS) is 10.9. The Morgan fingerprint density at radius 3 is 2.54 bits per heavy atom. The standard InChI is InChI=1S/C16H11BrN4O2S/c17-12-3-1-11(2-4-12)15-9-18-16(24-15)10-19-20-13-5-7-14(8-6-13)21(22)23/h1-10,20H/b19-10+. The van der Waals surface area contributed by atoms with Crippen molar-refractivity contribution in [1.29, 1.82) is 0 Å². The molecule has 1 aromatic heterocycles. The van der Waals surface area contributed by atoms with Gasteiger partial charge in [-0.25, -0.2) is 4.98 Å². The first-order valence-electron chi connectivity index (χ1n) is 6.87. The number of hydrogen-bond donors (Lipinski definition) is 1. The van der Waals surface area contributed by atoms with E-state index >= 15 is 0 Å². The lowest BCUT2D eigenvalue weighted by Crippen LogP contribution is -1.91. The third-order valence-electron chi connectivity index (χ3n) is 3.10. The summed E-state index contributed by atoms with van der Waals surface area (Å²) in [5.41, 5.74) is 4.63. The van der Waals surface area contributed by atoms with Crippen LogP contribution in [0.5, 0.6) is 0 Å². The number of nitrogens with one attached hydrogen (secondary N) is 1. The number of benzene rings is 2. The van der Waals surface area contributed by atoms with E-state index in [1.165, 1.54) is 23.5 Å². The van der Waals surface area contributed by atoms with Crippen LogP contribution >= 0.6 is 27.3 Å². The molecular formula is C16H11BrN4O2S. The van der Waals surface area contributed by atoms with Gasteiger partial charge < -0.3 is 0 Å². The molecule has 1 N–H and O–H groups in total. The number of hydrazone groups is 1. The van der Waals surface area contributed by atoms with Gasteiger partial charge in [-0.15, -0.1) is 11.3 Å². The van der Waals surface area contributed by atoms with E-state index in [4.69, 9.17) is 0 Å². The summed E-state index contributed by atoms with van der Waals surface area (Å²) < 4.78 is 1.03. The van der Waals surface area contributed by atoms with E-state index in [1.54, 1.807) is 24.5 Å². The van der Waals surface area contributed by atoms with Gasteiger partial charge in [0, 0.05) is 22.8 Å².